The quantitative estimate of drug-likeness (QED) is 0.0769. The van der Waals surface area contributed by atoms with Crippen LogP contribution in [0.2, 0.25) is 0 Å². The van der Waals surface area contributed by atoms with Crippen LogP contribution in [0, 0.1) is 52.3 Å². The van der Waals surface area contributed by atoms with E-state index in [-0.39, 0.29) is 22.9 Å². The first-order valence-electron chi connectivity index (χ1n) is 29.7. The van der Waals surface area contributed by atoms with Gasteiger partial charge in [0.1, 0.15) is 110 Å². The van der Waals surface area contributed by atoms with Gasteiger partial charge in [-0.1, -0.05) is 27.7 Å². The molecule has 1 spiro atoms. The van der Waals surface area contributed by atoms with E-state index in [1.165, 1.54) is 0 Å². The summed E-state index contributed by atoms with van der Waals surface area (Å²) in [7, 11) is 0. The molecule has 0 bridgehead atoms. The predicted molar refractivity (Wildman–Crippen MR) is 270 cm³/mol. The van der Waals surface area contributed by atoms with Crippen molar-refractivity contribution in [1.29, 1.82) is 0 Å². The van der Waals surface area contributed by atoms with Gasteiger partial charge in [0.15, 0.2) is 37.2 Å². The summed E-state index contributed by atoms with van der Waals surface area (Å²) in [5.74, 6) is 2.40. The lowest BCUT2D eigenvalue weighted by molar-refractivity contribution is -0.385. The molecule has 82 heavy (non-hydrogen) atoms. The van der Waals surface area contributed by atoms with E-state index in [1.807, 2.05) is 0 Å². The summed E-state index contributed by atoms with van der Waals surface area (Å²) < 4.78 is 71.1. The van der Waals surface area contributed by atoms with Gasteiger partial charge in [-0.25, -0.2) is 0 Å². The van der Waals surface area contributed by atoms with Gasteiger partial charge in [0.2, 0.25) is 0 Å². The van der Waals surface area contributed by atoms with Gasteiger partial charge in [0, 0.05) is 12.3 Å². The second kappa shape index (κ2) is 24.4. The van der Waals surface area contributed by atoms with Crippen molar-refractivity contribution in [2.75, 3.05) is 39.6 Å². The standard InChI is InChI=1S/C55H90O27/c1-20-7-10-55(73-17-20)21(2)34-29(82-55)12-25-23-6-5-22-11-28(26(59)13-54(22,4)24(23)8-9-53(25,34)3)74-50-42(68)38(64)46(32(16-58)76-50)80-51-43(69)39(65)45(31(15-57)77-51)79-49-41(67)36(62)33(19-72-49)78-52-44(70)47(37(63)30(14-56)75-52)81-48-40(66)35(61)27(60)18-71-48/h20-52,56-70H,5-19H2,1-4H3. The zero-order valence-electron chi connectivity index (χ0n) is 46.8. The first-order chi connectivity index (χ1) is 39.0. The maximum absolute atomic E-state index is 11.9. The first-order valence-corrected chi connectivity index (χ1v) is 29.7. The van der Waals surface area contributed by atoms with E-state index in [1.54, 1.807) is 0 Å². The predicted octanol–water partition coefficient (Wildman–Crippen LogP) is -4.84. The van der Waals surface area contributed by atoms with Crippen LogP contribution in [0.5, 0.6) is 0 Å². The lowest BCUT2D eigenvalue weighted by Crippen LogP contribution is -2.67. The number of ether oxygens (including phenoxy) is 12. The van der Waals surface area contributed by atoms with Gasteiger partial charge in [-0.3, -0.25) is 0 Å². The Morgan fingerprint density at radius 2 is 1.02 bits per heavy atom. The summed E-state index contributed by atoms with van der Waals surface area (Å²) in [5, 5.41) is 163. The number of aliphatic hydroxyl groups is 15. The third kappa shape index (κ3) is 10.9. The normalized spacial score (nSPS) is 57.9. The van der Waals surface area contributed by atoms with Crippen LogP contribution in [0.3, 0.4) is 0 Å². The molecule has 4 aliphatic carbocycles. The van der Waals surface area contributed by atoms with Crippen molar-refractivity contribution in [2.24, 2.45) is 52.3 Å². The van der Waals surface area contributed by atoms with Crippen molar-refractivity contribution in [3.05, 3.63) is 0 Å². The van der Waals surface area contributed by atoms with Gasteiger partial charge >= 0.3 is 0 Å². The SMILES string of the molecule is CC1CCC2(OC1)OC1CC3C4CCC5CC(OC6OC(CO)C(OC7OC(CO)C(OC8OCC(OC9OC(CO)C(O)C(OC%10OCC(O)C(O)C%10O)C9O)C(O)C8O)C(O)C7O)C(O)C6O)C(O)CC5(C)C4CCC3(C)C1C2C. The van der Waals surface area contributed by atoms with Crippen LogP contribution in [0.15, 0.2) is 0 Å². The Morgan fingerprint density at radius 1 is 0.463 bits per heavy atom. The Balaban J connectivity index is 0.671. The average molecular weight is 1180 g/mol. The maximum atomic E-state index is 11.9. The van der Waals surface area contributed by atoms with E-state index in [4.69, 9.17) is 56.8 Å². The van der Waals surface area contributed by atoms with Gasteiger partial charge in [-0.15, -0.1) is 0 Å². The highest BCUT2D eigenvalue weighted by molar-refractivity contribution is 5.16. The van der Waals surface area contributed by atoms with Crippen LogP contribution in [-0.4, -0.2) is 282 Å². The number of rotatable bonds is 13. The highest BCUT2D eigenvalue weighted by Gasteiger charge is 2.70. The third-order valence-electron chi connectivity index (χ3n) is 21.8. The van der Waals surface area contributed by atoms with Crippen molar-refractivity contribution >= 4 is 0 Å². The average Bonchev–Trinajstić information content (AvgIpc) is 1.56. The van der Waals surface area contributed by atoms with Gasteiger partial charge in [-0.2, -0.15) is 0 Å². The molecule has 0 amide bonds. The highest BCUT2D eigenvalue weighted by Crippen LogP contribution is 2.71. The molecular weight excluding hydrogens is 1090 g/mol. The molecule has 27 nitrogen and oxygen atoms in total. The molecule has 27 heteroatoms. The Hall–Kier alpha value is -1.08. The van der Waals surface area contributed by atoms with E-state index in [0.717, 1.165) is 51.6 Å². The molecule has 7 aliphatic heterocycles. The fourth-order valence-corrected chi connectivity index (χ4v) is 17.1. The second-order valence-corrected chi connectivity index (χ2v) is 26.4. The van der Waals surface area contributed by atoms with Crippen molar-refractivity contribution in [2.45, 2.75) is 251 Å². The van der Waals surface area contributed by atoms with Crippen LogP contribution < -0.4 is 0 Å². The molecule has 0 aromatic rings. The molecule has 0 radical (unpaired) electrons. The molecular formula is C55H90O27. The van der Waals surface area contributed by atoms with Gasteiger partial charge in [0.05, 0.1) is 58.0 Å². The maximum Gasteiger partial charge on any atom is 0.187 e. The van der Waals surface area contributed by atoms with Gasteiger partial charge in [-0.05, 0) is 97.7 Å². The van der Waals surface area contributed by atoms with E-state index in [2.05, 4.69) is 27.7 Å². The van der Waals surface area contributed by atoms with E-state index < -0.39 is 192 Å². The Morgan fingerprint density at radius 3 is 1.66 bits per heavy atom. The Labute approximate surface area is 475 Å². The summed E-state index contributed by atoms with van der Waals surface area (Å²) in [4.78, 5) is 0. The molecule has 0 aromatic carbocycles. The van der Waals surface area contributed by atoms with Crippen LogP contribution >= 0.6 is 0 Å². The molecule has 36 unspecified atom stereocenters. The van der Waals surface area contributed by atoms with Crippen molar-refractivity contribution < 1.29 is 133 Å². The van der Waals surface area contributed by atoms with Crippen LogP contribution in [0.4, 0.5) is 0 Å². The zero-order chi connectivity index (χ0) is 58.6. The van der Waals surface area contributed by atoms with Crippen molar-refractivity contribution in [3.8, 4) is 0 Å². The molecule has 0 aromatic heterocycles. The van der Waals surface area contributed by atoms with Crippen LogP contribution in [-0.2, 0) is 56.8 Å². The number of hydrogen-bond donors (Lipinski definition) is 15. The minimum absolute atomic E-state index is 0.137. The fourth-order valence-electron chi connectivity index (χ4n) is 17.1. The zero-order valence-corrected chi connectivity index (χ0v) is 46.8. The fraction of sp³-hybridized carbons (Fsp3) is 1.00. The molecule has 11 rings (SSSR count). The first kappa shape index (κ1) is 62.5. The topological polar surface area (TPSA) is 414 Å². The summed E-state index contributed by atoms with van der Waals surface area (Å²) in [6.45, 7) is 6.55. The summed E-state index contributed by atoms with van der Waals surface area (Å²) in [5.41, 5.74) is -0.0341. The highest BCUT2D eigenvalue weighted by atomic mass is 16.8. The molecule has 7 saturated heterocycles. The number of aliphatic hydroxyl groups excluding tert-OH is 15. The van der Waals surface area contributed by atoms with Gasteiger partial charge in [0.25, 0.3) is 0 Å². The third-order valence-corrected chi connectivity index (χ3v) is 21.8. The second-order valence-electron chi connectivity index (χ2n) is 26.4. The van der Waals surface area contributed by atoms with Gasteiger partial charge < -0.3 is 133 Å². The summed E-state index contributed by atoms with van der Waals surface area (Å²) in [6.07, 6.45) is -33.1. The molecule has 472 valence electrons. The molecule has 11 fully saturated rings. The molecule has 7 heterocycles. The monoisotopic (exact) mass is 1180 g/mol. The molecule has 15 N–H and O–H groups in total. The van der Waals surface area contributed by atoms with Crippen LogP contribution in [0.1, 0.15) is 85.5 Å². The number of hydrogen-bond acceptors (Lipinski definition) is 27. The Kier molecular flexibility index (Phi) is 18.6. The lowest BCUT2D eigenvalue weighted by Gasteiger charge is -2.62. The summed E-state index contributed by atoms with van der Waals surface area (Å²) >= 11 is 0. The largest absolute Gasteiger partial charge is 0.394 e. The molecule has 11 aliphatic rings. The minimum atomic E-state index is -2.02. The summed E-state index contributed by atoms with van der Waals surface area (Å²) in [6, 6.07) is 0. The van der Waals surface area contributed by atoms with Crippen LogP contribution in [0.25, 0.3) is 0 Å². The molecule has 4 saturated carbocycles. The molecule has 36 atom stereocenters. The van der Waals surface area contributed by atoms with E-state index in [9.17, 15) is 76.6 Å². The smallest absolute Gasteiger partial charge is 0.187 e. The lowest BCUT2D eigenvalue weighted by atomic mass is 9.44. The van der Waals surface area contributed by atoms with E-state index in [0.29, 0.717) is 48.3 Å². The minimum Gasteiger partial charge on any atom is -0.394 e. The number of fused-ring (bicyclic) bond motifs is 7. The van der Waals surface area contributed by atoms with E-state index >= 15 is 0 Å². The van der Waals surface area contributed by atoms with Crippen molar-refractivity contribution in [3.63, 3.8) is 0 Å². The Bertz CT molecular complexity index is 2130. The van der Waals surface area contributed by atoms with Crippen molar-refractivity contribution in [1.82, 2.24) is 0 Å².